The van der Waals surface area contributed by atoms with Crippen molar-refractivity contribution in [3.63, 3.8) is 0 Å². The topological polar surface area (TPSA) is 58.6 Å². The fraction of sp³-hybridized carbons (Fsp3) is 0.923. The molecule has 0 radical (unpaired) electrons. The summed E-state index contributed by atoms with van der Waals surface area (Å²) in [6.45, 7) is 7.14. The quantitative estimate of drug-likeness (QED) is 0.694. The molecule has 0 aromatic carbocycles. The molecule has 0 aromatic heterocycles. The number of carbonyl (C=O) groups is 1. The molecule has 0 spiro atoms. The molecule has 0 aromatic rings. The van der Waals surface area contributed by atoms with Crippen LogP contribution in [0.15, 0.2) is 0 Å². The zero-order valence-electron chi connectivity index (χ0n) is 11.2. The van der Waals surface area contributed by atoms with E-state index in [9.17, 15) is 9.90 Å². The van der Waals surface area contributed by atoms with Gasteiger partial charge >= 0.3 is 5.97 Å². The van der Waals surface area contributed by atoms with Crippen LogP contribution in [-0.4, -0.2) is 36.4 Å². The van der Waals surface area contributed by atoms with Crippen molar-refractivity contribution >= 4 is 5.97 Å². The van der Waals surface area contributed by atoms with Gasteiger partial charge in [0.15, 0.2) is 0 Å². The molecule has 1 aliphatic carbocycles. The average Bonchev–Trinajstić information content (AvgIpc) is 2.55. The minimum atomic E-state index is -0.641. The van der Waals surface area contributed by atoms with E-state index >= 15 is 0 Å². The van der Waals surface area contributed by atoms with Gasteiger partial charge in [0.2, 0.25) is 0 Å². The van der Waals surface area contributed by atoms with E-state index in [0.717, 1.165) is 12.8 Å². The molecule has 1 rings (SSSR count). The molecule has 1 fully saturated rings. The largest absolute Gasteiger partial charge is 0.466 e. The maximum atomic E-state index is 11.1. The van der Waals surface area contributed by atoms with Crippen molar-refractivity contribution in [1.82, 2.24) is 5.32 Å². The molecular weight excluding hydrogens is 218 g/mol. The molecule has 4 heteroatoms. The van der Waals surface area contributed by atoms with Gasteiger partial charge in [-0.15, -0.1) is 0 Å². The molecule has 0 heterocycles. The van der Waals surface area contributed by atoms with Crippen LogP contribution < -0.4 is 5.32 Å². The fourth-order valence-corrected chi connectivity index (χ4v) is 2.40. The van der Waals surface area contributed by atoms with Gasteiger partial charge in [0.25, 0.3) is 0 Å². The van der Waals surface area contributed by atoms with E-state index in [4.69, 9.17) is 4.74 Å². The van der Waals surface area contributed by atoms with Gasteiger partial charge in [-0.25, -0.2) is 0 Å². The van der Waals surface area contributed by atoms with E-state index in [0.29, 0.717) is 24.6 Å². The third kappa shape index (κ3) is 5.50. The van der Waals surface area contributed by atoms with E-state index in [1.165, 1.54) is 6.42 Å². The lowest BCUT2D eigenvalue weighted by Crippen LogP contribution is -2.35. The Hall–Kier alpha value is -0.610. The number of nitrogens with one attached hydrogen (secondary N) is 1. The zero-order chi connectivity index (χ0) is 12.9. The summed E-state index contributed by atoms with van der Waals surface area (Å²) in [4.78, 5) is 11.1. The summed E-state index contributed by atoms with van der Waals surface area (Å²) in [5.41, 5.74) is 0.407. The molecule has 1 aliphatic rings. The van der Waals surface area contributed by atoms with E-state index < -0.39 is 6.10 Å². The number of esters is 1. The van der Waals surface area contributed by atoms with Gasteiger partial charge in [-0.05, 0) is 31.6 Å². The normalized spacial score (nSPS) is 24.6. The molecule has 2 N–H and O–H groups in total. The Balaban J connectivity index is 2.16. The smallest absolute Gasteiger partial charge is 0.308 e. The molecule has 0 aliphatic heterocycles. The highest BCUT2D eigenvalue weighted by Gasteiger charge is 2.30. The van der Waals surface area contributed by atoms with Crippen LogP contribution in [0, 0.1) is 5.41 Å². The Kier molecular flexibility index (Phi) is 5.40. The SMILES string of the molecule is CCOC(=O)CC(O)CNC1CCC(C)(C)C1. The predicted molar refractivity (Wildman–Crippen MR) is 66.7 cm³/mol. The summed E-state index contributed by atoms with van der Waals surface area (Å²) in [6.07, 6.45) is 2.95. The molecule has 0 amide bonds. The number of carbonyl (C=O) groups excluding carboxylic acids is 1. The molecule has 100 valence electrons. The van der Waals surface area contributed by atoms with Gasteiger partial charge in [-0.2, -0.15) is 0 Å². The van der Waals surface area contributed by atoms with Gasteiger partial charge in [-0.1, -0.05) is 13.8 Å². The molecule has 4 nitrogen and oxygen atoms in total. The van der Waals surface area contributed by atoms with Crippen LogP contribution in [-0.2, 0) is 9.53 Å². The highest BCUT2D eigenvalue weighted by atomic mass is 16.5. The van der Waals surface area contributed by atoms with Gasteiger partial charge in [0.1, 0.15) is 0 Å². The second-order valence-electron chi connectivity index (χ2n) is 5.68. The van der Waals surface area contributed by atoms with Crippen LogP contribution in [0.25, 0.3) is 0 Å². The minimum absolute atomic E-state index is 0.0803. The van der Waals surface area contributed by atoms with E-state index in [1.54, 1.807) is 6.92 Å². The first-order chi connectivity index (χ1) is 7.93. The van der Waals surface area contributed by atoms with Crippen LogP contribution in [0.3, 0.4) is 0 Å². The van der Waals surface area contributed by atoms with Crippen molar-refractivity contribution in [2.75, 3.05) is 13.2 Å². The molecule has 2 unspecified atom stereocenters. The monoisotopic (exact) mass is 243 g/mol. The Morgan fingerprint density at radius 1 is 1.59 bits per heavy atom. The Morgan fingerprint density at radius 2 is 2.29 bits per heavy atom. The van der Waals surface area contributed by atoms with Crippen molar-refractivity contribution in [3.05, 3.63) is 0 Å². The number of aliphatic hydroxyl groups excluding tert-OH is 1. The van der Waals surface area contributed by atoms with Gasteiger partial charge < -0.3 is 15.2 Å². The molecular formula is C13H25NO3. The van der Waals surface area contributed by atoms with E-state index in [2.05, 4.69) is 19.2 Å². The van der Waals surface area contributed by atoms with Crippen LogP contribution in [0.1, 0.15) is 46.5 Å². The first kappa shape index (κ1) is 14.5. The molecule has 0 bridgehead atoms. The standard InChI is InChI=1S/C13H25NO3/c1-4-17-12(16)7-11(15)9-14-10-5-6-13(2,3)8-10/h10-11,14-15H,4-9H2,1-3H3. The Bertz CT molecular complexity index is 253. The van der Waals surface area contributed by atoms with Gasteiger partial charge in [0, 0.05) is 12.6 Å². The maximum Gasteiger partial charge on any atom is 0.308 e. The Labute approximate surface area is 104 Å². The highest BCUT2D eigenvalue weighted by molar-refractivity contribution is 5.69. The lowest BCUT2D eigenvalue weighted by atomic mass is 9.92. The molecule has 1 saturated carbocycles. The summed E-state index contributed by atoms with van der Waals surface area (Å²) < 4.78 is 4.79. The number of ether oxygens (including phenoxy) is 1. The first-order valence-corrected chi connectivity index (χ1v) is 6.50. The molecule has 17 heavy (non-hydrogen) atoms. The third-order valence-corrected chi connectivity index (χ3v) is 3.32. The zero-order valence-corrected chi connectivity index (χ0v) is 11.2. The summed E-state index contributed by atoms with van der Waals surface area (Å²) in [6, 6.07) is 0.474. The maximum absolute atomic E-state index is 11.1. The van der Waals surface area contributed by atoms with Crippen LogP contribution in [0.4, 0.5) is 0 Å². The number of hydrogen-bond acceptors (Lipinski definition) is 4. The fourth-order valence-electron chi connectivity index (χ4n) is 2.40. The van der Waals surface area contributed by atoms with Crippen molar-refractivity contribution in [2.24, 2.45) is 5.41 Å². The lowest BCUT2D eigenvalue weighted by molar-refractivity contribution is -0.145. The summed E-state index contributed by atoms with van der Waals surface area (Å²) in [5, 5.41) is 13.0. The first-order valence-electron chi connectivity index (χ1n) is 6.50. The van der Waals surface area contributed by atoms with Crippen LogP contribution in [0.2, 0.25) is 0 Å². The lowest BCUT2D eigenvalue weighted by Gasteiger charge is -2.19. The number of aliphatic hydroxyl groups is 1. The summed E-state index contributed by atoms with van der Waals surface area (Å²) in [7, 11) is 0. The second kappa shape index (κ2) is 6.36. The third-order valence-electron chi connectivity index (χ3n) is 3.32. The average molecular weight is 243 g/mol. The van der Waals surface area contributed by atoms with Gasteiger partial charge in [0.05, 0.1) is 19.1 Å². The van der Waals surface area contributed by atoms with Crippen molar-refractivity contribution in [2.45, 2.75) is 58.6 Å². The van der Waals surface area contributed by atoms with Gasteiger partial charge in [-0.3, -0.25) is 4.79 Å². The van der Waals surface area contributed by atoms with Crippen molar-refractivity contribution < 1.29 is 14.6 Å². The predicted octanol–water partition coefficient (Wildman–Crippen LogP) is 1.47. The second-order valence-corrected chi connectivity index (χ2v) is 5.68. The molecule has 0 saturated heterocycles. The number of rotatable bonds is 6. The summed E-state index contributed by atoms with van der Waals surface area (Å²) in [5.74, 6) is -0.325. The van der Waals surface area contributed by atoms with E-state index in [1.807, 2.05) is 0 Å². The molecule has 2 atom stereocenters. The summed E-state index contributed by atoms with van der Waals surface area (Å²) >= 11 is 0. The minimum Gasteiger partial charge on any atom is -0.466 e. The van der Waals surface area contributed by atoms with Crippen molar-refractivity contribution in [3.8, 4) is 0 Å². The number of hydrogen-bond donors (Lipinski definition) is 2. The van der Waals surface area contributed by atoms with Crippen LogP contribution in [0.5, 0.6) is 0 Å². The van der Waals surface area contributed by atoms with Crippen LogP contribution >= 0.6 is 0 Å². The van der Waals surface area contributed by atoms with Crippen molar-refractivity contribution in [1.29, 1.82) is 0 Å². The van der Waals surface area contributed by atoms with E-state index in [-0.39, 0.29) is 12.4 Å². The highest BCUT2D eigenvalue weighted by Crippen LogP contribution is 2.36. The Morgan fingerprint density at radius 3 is 2.82 bits per heavy atom.